The van der Waals surface area contributed by atoms with Gasteiger partial charge in [0, 0.05) is 24.6 Å². The number of esters is 1. The second-order valence-corrected chi connectivity index (χ2v) is 8.88. The van der Waals surface area contributed by atoms with E-state index < -0.39 is 12.0 Å². The summed E-state index contributed by atoms with van der Waals surface area (Å²) in [5.41, 5.74) is 3.41. The number of rotatable bonds is 9. The molecular weight excluding hydrogens is 480 g/mol. The molecule has 9 nitrogen and oxygen atoms in total. The Bertz CT molecular complexity index is 1240. The highest BCUT2D eigenvalue weighted by Gasteiger charge is 2.41. The van der Waals surface area contributed by atoms with Crippen molar-refractivity contribution in [2.24, 2.45) is 4.99 Å². The number of aromatic nitrogens is 1. The molecule has 188 valence electrons. The Morgan fingerprint density at radius 2 is 1.97 bits per heavy atom. The fourth-order valence-corrected chi connectivity index (χ4v) is 5.07. The van der Waals surface area contributed by atoms with Crippen LogP contribution in [0.4, 0.5) is 0 Å². The van der Waals surface area contributed by atoms with E-state index in [0.29, 0.717) is 34.5 Å². The van der Waals surface area contributed by atoms with Crippen molar-refractivity contribution in [3.63, 3.8) is 0 Å². The van der Waals surface area contributed by atoms with Crippen molar-refractivity contribution in [3.05, 3.63) is 76.2 Å². The highest BCUT2D eigenvalue weighted by atomic mass is 32.2. The van der Waals surface area contributed by atoms with Gasteiger partial charge in [0.25, 0.3) is 0 Å². The maximum Gasteiger partial charge on any atom is 0.338 e. The van der Waals surface area contributed by atoms with Crippen LogP contribution in [-0.2, 0) is 20.9 Å². The van der Waals surface area contributed by atoms with Gasteiger partial charge >= 0.3 is 5.97 Å². The first-order valence-electron chi connectivity index (χ1n) is 11.5. The number of thioether (sulfide) groups is 1. The van der Waals surface area contributed by atoms with Crippen molar-refractivity contribution in [1.29, 1.82) is 0 Å². The van der Waals surface area contributed by atoms with Crippen LogP contribution in [0, 0.1) is 0 Å². The van der Waals surface area contributed by atoms with E-state index in [1.807, 2.05) is 34.6 Å². The number of benzene rings is 1. The lowest BCUT2D eigenvalue weighted by Crippen LogP contribution is -2.38. The number of carbonyl (C=O) groups excluding carboxylic acids is 2. The van der Waals surface area contributed by atoms with Gasteiger partial charge in [-0.25, -0.2) is 9.79 Å². The Labute approximate surface area is 214 Å². The lowest BCUT2D eigenvalue weighted by atomic mass is 9.93. The smallest absolute Gasteiger partial charge is 0.338 e. The van der Waals surface area contributed by atoms with Gasteiger partial charge in [0.2, 0.25) is 5.91 Å². The zero-order chi connectivity index (χ0) is 25.7. The molecule has 0 radical (unpaired) electrons. The van der Waals surface area contributed by atoms with Gasteiger partial charge in [-0.05, 0) is 48.6 Å². The van der Waals surface area contributed by atoms with E-state index >= 15 is 0 Å². The highest BCUT2D eigenvalue weighted by Crippen LogP contribution is 2.46. The van der Waals surface area contributed by atoms with Crippen LogP contribution in [0.3, 0.4) is 0 Å². The summed E-state index contributed by atoms with van der Waals surface area (Å²) >= 11 is 1.42. The van der Waals surface area contributed by atoms with Crippen LogP contribution in [0.1, 0.15) is 37.4 Å². The van der Waals surface area contributed by atoms with E-state index in [1.165, 1.54) is 11.8 Å². The van der Waals surface area contributed by atoms with Crippen LogP contribution in [0.15, 0.2) is 70.1 Å². The van der Waals surface area contributed by atoms with Gasteiger partial charge in [0.05, 0.1) is 44.6 Å². The minimum absolute atomic E-state index is 0.116. The normalized spacial score (nSPS) is 16.7. The van der Waals surface area contributed by atoms with Gasteiger partial charge in [0.15, 0.2) is 16.7 Å². The zero-order valence-electron chi connectivity index (χ0n) is 20.6. The number of allylic oxidation sites excluding steroid dienone is 1. The monoisotopic (exact) mass is 508 g/mol. The Morgan fingerprint density at radius 1 is 1.17 bits per heavy atom. The molecule has 36 heavy (non-hydrogen) atoms. The minimum atomic E-state index is -0.552. The van der Waals surface area contributed by atoms with Crippen LogP contribution >= 0.6 is 11.8 Å². The molecule has 0 saturated heterocycles. The summed E-state index contributed by atoms with van der Waals surface area (Å²) in [6.07, 6.45) is 3.52. The van der Waals surface area contributed by atoms with Crippen molar-refractivity contribution in [2.45, 2.75) is 32.9 Å². The van der Waals surface area contributed by atoms with Crippen LogP contribution in [0.2, 0.25) is 0 Å². The average Bonchev–Trinajstić information content (AvgIpc) is 3.28. The van der Waals surface area contributed by atoms with Crippen molar-refractivity contribution < 1.29 is 23.8 Å². The molecule has 1 aromatic carbocycles. The van der Waals surface area contributed by atoms with E-state index in [1.54, 1.807) is 46.5 Å². The molecule has 4 rings (SSSR count). The average molecular weight is 509 g/mol. The summed E-state index contributed by atoms with van der Waals surface area (Å²) in [5.74, 6) is 0.508. The van der Waals surface area contributed by atoms with Crippen LogP contribution in [0.5, 0.6) is 11.5 Å². The zero-order valence-corrected chi connectivity index (χ0v) is 21.4. The quantitative estimate of drug-likeness (QED) is 0.508. The van der Waals surface area contributed by atoms with Crippen molar-refractivity contribution in [3.8, 4) is 11.5 Å². The summed E-state index contributed by atoms with van der Waals surface area (Å²) in [6, 6.07) is 8.69. The standard InChI is InChI=1S/C26H28N4O5S/c1-5-35-25(32)23-16(2)29-26-30(24(23)18-8-9-20(33-3)21(11-18)34-4)19(15-36-26)12-22(31)28-14-17-7-6-10-27-13-17/h6-11,13,15,24H,5,12,14H2,1-4H3,(H,28,31)/t24-/m0/s1. The molecule has 0 unspecified atom stereocenters. The Morgan fingerprint density at radius 3 is 2.67 bits per heavy atom. The molecule has 1 atom stereocenters. The van der Waals surface area contributed by atoms with Crippen molar-refractivity contribution >= 4 is 28.8 Å². The number of nitrogens with one attached hydrogen (secondary N) is 1. The third-order valence-electron chi connectivity index (χ3n) is 5.77. The summed E-state index contributed by atoms with van der Waals surface area (Å²) in [5, 5.41) is 5.53. The van der Waals surface area contributed by atoms with E-state index in [9.17, 15) is 9.59 Å². The largest absolute Gasteiger partial charge is 0.493 e. The van der Waals surface area contributed by atoms with Gasteiger partial charge in [-0.15, -0.1) is 0 Å². The lowest BCUT2D eigenvalue weighted by Gasteiger charge is -2.36. The van der Waals surface area contributed by atoms with E-state index in [4.69, 9.17) is 14.2 Å². The third-order valence-corrected chi connectivity index (χ3v) is 6.66. The lowest BCUT2D eigenvalue weighted by molar-refractivity contribution is -0.139. The van der Waals surface area contributed by atoms with Crippen LogP contribution < -0.4 is 14.8 Å². The number of amidine groups is 1. The van der Waals surface area contributed by atoms with Gasteiger partial charge < -0.3 is 24.4 Å². The first-order chi connectivity index (χ1) is 17.5. The second-order valence-electron chi connectivity index (χ2n) is 8.04. The molecule has 2 aliphatic heterocycles. The molecule has 1 N–H and O–H groups in total. The second kappa shape index (κ2) is 11.3. The van der Waals surface area contributed by atoms with E-state index in [-0.39, 0.29) is 18.9 Å². The number of aliphatic imine (C=N–C) groups is 1. The maximum atomic E-state index is 13.1. The summed E-state index contributed by atoms with van der Waals surface area (Å²) in [6.45, 7) is 4.17. The fraction of sp³-hybridized carbons (Fsp3) is 0.308. The fourth-order valence-electron chi connectivity index (χ4n) is 4.11. The predicted octanol–water partition coefficient (Wildman–Crippen LogP) is 3.94. The summed E-state index contributed by atoms with van der Waals surface area (Å²) in [4.78, 5) is 36.6. The summed E-state index contributed by atoms with van der Waals surface area (Å²) < 4.78 is 16.3. The number of fused-ring (bicyclic) bond motifs is 1. The molecule has 2 aromatic rings. The number of methoxy groups -OCH3 is 2. The molecule has 0 saturated carbocycles. The molecule has 0 spiro atoms. The number of carbonyl (C=O) groups is 2. The molecular formula is C26H28N4O5S. The Hall–Kier alpha value is -3.79. The van der Waals surface area contributed by atoms with Crippen LogP contribution in [-0.4, -0.2) is 47.8 Å². The number of hydrogen-bond acceptors (Lipinski definition) is 9. The van der Waals surface area contributed by atoms with Crippen molar-refractivity contribution in [1.82, 2.24) is 15.2 Å². The number of ether oxygens (including phenoxy) is 3. The molecule has 1 amide bonds. The van der Waals surface area contributed by atoms with E-state index in [2.05, 4.69) is 15.3 Å². The Balaban J connectivity index is 1.66. The topological polar surface area (TPSA) is 102 Å². The molecule has 3 heterocycles. The predicted molar refractivity (Wildman–Crippen MR) is 137 cm³/mol. The van der Waals surface area contributed by atoms with Gasteiger partial charge in [-0.1, -0.05) is 23.9 Å². The SMILES string of the molecule is CCOC(=O)C1=C(C)N=C2SC=C(CC(=O)NCc3cccnc3)N2[C@H]1c1ccc(OC)c(OC)c1. The summed E-state index contributed by atoms with van der Waals surface area (Å²) in [7, 11) is 3.13. The number of nitrogens with zero attached hydrogens (tertiary/aromatic N) is 3. The molecule has 0 bridgehead atoms. The third kappa shape index (κ3) is 5.23. The van der Waals surface area contributed by atoms with Crippen LogP contribution in [0.25, 0.3) is 0 Å². The highest BCUT2D eigenvalue weighted by molar-refractivity contribution is 8.16. The van der Waals surface area contributed by atoms with Gasteiger partial charge in [-0.2, -0.15) is 0 Å². The number of hydrogen-bond donors (Lipinski definition) is 1. The first-order valence-corrected chi connectivity index (χ1v) is 12.3. The Kier molecular flexibility index (Phi) is 7.94. The molecule has 2 aliphatic rings. The molecule has 0 aliphatic carbocycles. The first kappa shape index (κ1) is 25.3. The molecule has 0 fully saturated rings. The van der Waals surface area contributed by atoms with Gasteiger partial charge in [-0.3, -0.25) is 9.78 Å². The number of amides is 1. The minimum Gasteiger partial charge on any atom is -0.493 e. The van der Waals surface area contributed by atoms with Gasteiger partial charge in [0.1, 0.15) is 0 Å². The van der Waals surface area contributed by atoms with Crippen molar-refractivity contribution in [2.75, 3.05) is 20.8 Å². The number of pyridine rings is 1. The van der Waals surface area contributed by atoms with E-state index in [0.717, 1.165) is 16.8 Å². The molecule has 10 heteroatoms. The maximum absolute atomic E-state index is 13.1. The molecule has 1 aromatic heterocycles.